The molecule has 0 radical (unpaired) electrons. The molecule has 1 aromatic heterocycles. The van der Waals surface area contributed by atoms with Crippen LogP contribution in [0.2, 0.25) is 0 Å². The van der Waals surface area contributed by atoms with Crippen LogP contribution in [0.25, 0.3) is 0 Å². The number of rotatable bonds is 18. The maximum atomic E-state index is 13.8. The third-order valence-corrected chi connectivity index (χ3v) is 9.53. The highest BCUT2D eigenvalue weighted by molar-refractivity contribution is 7.51. The molecule has 10 nitrogen and oxygen atoms in total. The molecule has 1 aliphatic rings. The largest absolute Gasteiger partial charge is 0.467 e. The average molecular weight is 620 g/mol. The molecule has 0 aliphatic heterocycles. The van der Waals surface area contributed by atoms with E-state index in [4.69, 9.17) is 13.5 Å². The van der Waals surface area contributed by atoms with Crippen LogP contribution < -0.4 is 15.7 Å². The number of benzene rings is 1. The summed E-state index contributed by atoms with van der Waals surface area (Å²) in [4.78, 5) is 27.6. The number of aliphatic hydroxyl groups excluding tert-OH is 1. The van der Waals surface area contributed by atoms with E-state index in [1.807, 2.05) is 44.2 Å². The minimum atomic E-state index is -3.80. The number of aliphatic hydroxyl groups is 1. The van der Waals surface area contributed by atoms with Crippen LogP contribution >= 0.6 is 7.75 Å². The van der Waals surface area contributed by atoms with Crippen molar-refractivity contribution in [3.63, 3.8) is 0 Å². The molecule has 43 heavy (non-hydrogen) atoms. The molecule has 4 atom stereocenters. The normalized spacial score (nSPS) is 17.3. The Kier molecular flexibility index (Phi) is 14.4. The van der Waals surface area contributed by atoms with Crippen molar-refractivity contribution in [3.05, 3.63) is 60.1 Å². The number of furan rings is 1. The predicted octanol–water partition coefficient (Wildman–Crippen LogP) is 5.68. The van der Waals surface area contributed by atoms with Gasteiger partial charge in [-0.15, -0.1) is 0 Å². The second kappa shape index (κ2) is 17.7. The summed E-state index contributed by atoms with van der Waals surface area (Å²) < 4.78 is 29.7. The van der Waals surface area contributed by atoms with E-state index in [-0.39, 0.29) is 31.5 Å². The summed E-state index contributed by atoms with van der Waals surface area (Å²) in [6, 6.07) is 10.3. The Labute approximate surface area is 256 Å². The summed E-state index contributed by atoms with van der Waals surface area (Å²) >= 11 is 0. The fourth-order valence-electron chi connectivity index (χ4n) is 5.65. The zero-order valence-electron chi connectivity index (χ0n) is 26.0. The van der Waals surface area contributed by atoms with E-state index < -0.39 is 37.9 Å². The lowest BCUT2D eigenvalue weighted by Gasteiger charge is -2.31. The Hall–Kier alpha value is -2.49. The van der Waals surface area contributed by atoms with Gasteiger partial charge in [-0.05, 0) is 62.6 Å². The van der Waals surface area contributed by atoms with Gasteiger partial charge in [-0.25, -0.2) is 9.65 Å². The summed E-state index contributed by atoms with van der Waals surface area (Å²) in [6.45, 7) is 7.60. The van der Waals surface area contributed by atoms with Crippen molar-refractivity contribution in [3.8, 4) is 0 Å². The number of amides is 2. The molecule has 11 heteroatoms. The van der Waals surface area contributed by atoms with Crippen LogP contribution in [0, 0.1) is 11.8 Å². The van der Waals surface area contributed by atoms with Gasteiger partial charge in [-0.3, -0.25) is 18.6 Å². The Bertz CT molecular complexity index is 1130. The summed E-state index contributed by atoms with van der Waals surface area (Å²) in [5, 5.41) is 20.0. The molecule has 1 aliphatic carbocycles. The summed E-state index contributed by atoms with van der Waals surface area (Å²) in [6.07, 6.45) is 7.25. The van der Waals surface area contributed by atoms with Gasteiger partial charge in [0.2, 0.25) is 11.8 Å². The molecule has 2 unspecified atom stereocenters. The van der Waals surface area contributed by atoms with Crippen molar-refractivity contribution in [2.45, 2.75) is 103 Å². The van der Waals surface area contributed by atoms with Crippen LogP contribution in [0.4, 0.5) is 0 Å². The van der Waals surface area contributed by atoms with Crippen molar-refractivity contribution in [1.29, 1.82) is 0 Å². The van der Waals surface area contributed by atoms with Gasteiger partial charge in [-0.1, -0.05) is 76.3 Å². The lowest BCUT2D eigenvalue weighted by Crippen LogP contribution is -2.55. The molecule has 0 spiro atoms. The van der Waals surface area contributed by atoms with Crippen LogP contribution in [0.15, 0.2) is 53.1 Å². The fraction of sp³-hybridized carbons (Fsp3) is 0.625. The third kappa shape index (κ3) is 11.5. The summed E-state index contributed by atoms with van der Waals surface area (Å²) in [5.74, 6) is -0.0291. The molecule has 2 aromatic rings. The second-order valence-corrected chi connectivity index (χ2v) is 13.5. The zero-order valence-corrected chi connectivity index (χ0v) is 26.9. The van der Waals surface area contributed by atoms with Crippen molar-refractivity contribution in [2.75, 3.05) is 13.2 Å². The van der Waals surface area contributed by atoms with Gasteiger partial charge in [0.1, 0.15) is 23.9 Å². The standard InChI is InChI=1S/C32H50N3O7P/c1-5-41-43(39,42-6-2)35-28(22-25-16-11-8-12-17-25)32(38)34-27(20-23(3)4)31(37)33-26(21-24-14-9-7-10-15-24)30(36)29-18-13-19-40-29/h8,11-13,16-19,23-24,26-28,30,36H,5-7,9-10,14-15,20-22H2,1-4H3,(H,33,37)(H,34,38)(H,35,39)/t26-,27?,28?,30-/m0/s1. The van der Waals surface area contributed by atoms with Gasteiger partial charge in [0.05, 0.1) is 25.5 Å². The molecular weight excluding hydrogens is 569 g/mol. The first-order chi connectivity index (χ1) is 20.6. The molecule has 1 saturated carbocycles. The van der Waals surface area contributed by atoms with E-state index in [0.717, 1.165) is 31.2 Å². The van der Waals surface area contributed by atoms with E-state index in [2.05, 4.69) is 15.7 Å². The van der Waals surface area contributed by atoms with Gasteiger partial charge in [0.15, 0.2) is 0 Å². The lowest BCUT2D eigenvalue weighted by molar-refractivity contribution is -0.131. The number of carbonyl (C=O) groups excluding carboxylic acids is 2. The van der Waals surface area contributed by atoms with Crippen molar-refractivity contribution in [2.24, 2.45) is 11.8 Å². The van der Waals surface area contributed by atoms with Gasteiger partial charge >= 0.3 is 7.75 Å². The minimum absolute atomic E-state index is 0.0846. The topological polar surface area (TPSA) is 139 Å². The molecular formula is C32H50N3O7P. The predicted molar refractivity (Wildman–Crippen MR) is 166 cm³/mol. The fourth-order valence-corrected chi connectivity index (χ4v) is 7.15. The minimum Gasteiger partial charge on any atom is -0.467 e. The molecule has 0 bridgehead atoms. The van der Waals surface area contributed by atoms with Crippen molar-refractivity contribution in [1.82, 2.24) is 15.7 Å². The molecule has 1 heterocycles. The number of nitrogens with one attached hydrogen (secondary N) is 3. The Morgan fingerprint density at radius 2 is 1.60 bits per heavy atom. The molecule has 1 aromatic carbocycles. The van der Waals surface area contributed by atoms with Crippen molar-refractivity contribution >= 4 is 19.6 Å². The first-order valence-electron chi connectivity index (χ1n) is 15.7. The van der Waals surface area contributed by atoms with E-state index in [1.54, 1.807) is 26.0 Å². The third-order valence-electron chi connectivity index (χ3n) is 7.71. The monoisotopic (exact) mass is 619 g/mol. The SMILES string of the molecule is CCOP(=O)(NC(Cc1ccccc1)C(=O)NC(CC(C)C)C(=O)N[C@@H](CC1CCCCC1)[C@H](O)c1ccco1)OCC. The van der Waals surface area contributed by atoms with Crippen molar-refractivity contribution < 1.29 is 32.7 Å². The highest BCUT2D eigenvalue weighted by atomic mass is 31.2. The smallest absolute Gasteiger partial charge is 0.406 e. The van der Waals surface area contributed by atoms with Crippen LogP contribution in [-0.2, 0) is 29.6 Å². The molecule has 0 saturated heterocycles. The van der Waals surface area contributed by atoms with Gasteiger partial charge in [0.25, 0.3) is 0 Å². The first-order valence-corrected chi connectivity index (χ1v) is 17.2. The highest BCUT2D eigenvalue weighted by Crippen LogP contribution is 2.44. The lowest BCUT2D eigenvalue weighted by atomic mass is 9.83. The molecule has 2 amide bonds. The summed E-state index contributed by atoms with van der Waals surface area (Å²) in [7, 11) is -3.80. The van der Waals surface area contributed by atoms with Crippen LogP contribution in [-0.4, -0.2) is 48.3 Å². The molecule has 1 fully saturated rings. The van der Waals surface area contributed by atoms with E-state index in [0.29, 0.717) is 24.5 Å². The average Bonchev–Trinajstić information content (AvgIpc) is 3.52. The van der Waals surface area contributed by atoms with E-state index >= 15 is 0 Å². The van der Waals surface area contributed by atoms with Gasteiger partial charge < -0.3 is 20.2 Å². The molecule has 240 valence electrons. The molecule has 3 rings (SSSR count). The number of carbonyl (C=O) groups is 2. The second-order valence-electron chi connectivity index (χ2n) is 11.7. The maximum absolute atomic E-state index is 13.8. The maximum Gasteiger partial charge on any atom is 0.406 e. The highest BCUT2D eigenvalue weighted by Gasteiger charge is 2.35. The van der Waals surface area contributed by atoms with Crippen LogP contribution in [0.5, 0.6) is 0 Å². The van der Waals surface area contributed by atoms with E-state index in [1.165, 1.54) is 12.7 Å². The van der Waals surface area contributed by atoms with Gasteiger partial charge in [0, 0.05) is 0 Å². The van der Waals surface area contributed by atoms with E-state index in [9.17, 15) is 19.3 Å². The first kappa shape index (κ1) is 35.0. The Balaban J connectivity index is 1.82. The Morgan fingerprint density at radius 3 is 2.19 bits per heavy atom. The number of hydrogen-bond acceptors (Lipinski definition) is 7. The zero-order chi connectivity index (χ0) is 31.2. The van der Waals surface area contributed by atoms with Crippen LogP contribution in [0.1, 0.15) is 90.1 Å². The van der Waals surface area contributed by atoms with Crippen LogP contribution in [0.3, 0.4) is 0 Å². The van der Waals surface area contributed by atoms with Gasteiger partial charge in [-0.2, -0.15) is 0 Å². The quantitative estimate of drug-likeness (QED) is 0.156. The molecule has 4 N–H and O–H groups in total. The Morgan fingerprint density at radius 1 is 0.953 bits per heavy atom. The number of hydrogen-bond donors (Lipinski definition) is 4. The summed E-state index contributed by atoms with van der Waals surface area (Å²) in [5.41, 5.74) is 0.841.